The number of hydrogen-bond acceptors (Lipinski definition) is 2. The smallest absolute Gasteiger partial charge is 0.137 e. The standard InChI is InChI=1S/C15H18N2O/c1-12-4-3-5-13(8-12)6-7-15(18)9-14-10-16-17(2)11-14/h3-5,8,10-11H,6-7,9H2,1-2H3. The zero-order valence-corrected chi connectivity index (χ0v) is 10.9. The molecule has 1 aromatic heterocycles. The van der Waals surface area contributed by atoms with Crippen LogP contribution in [-0.4, -0.2) is 15.6 Å². The number of rotatable bonds is 5. The zero-order chi connectivity index (χ0) is 13.0. The molecule has 0 radical (unpaired) electrons. The van der Waals surface area contributed by atoms with E-state index >= 15 is 0 Å². The molecule has 2 rings (SSSR count). The van der Waals surface area contributed by atoms with E-state index in [1.165, 1.54) is 11.1 Å². The molecule has 0 aliphatic carbocycles. The van der Waals surface area contributed by atoms with Crippen LogP contribution in [0.5, 0.6) is 0 Å². The molecule has 1 heterocycles. The van der Waals surface area contributed by atoms with Gasteiger partial charge in [-0.3, -0.25) is 9.48 Å². The second kappa shape index (κ2) is 5.63. The number of aromatic nitrogens is 2. The lowest BCUT2D eigenvalue weighted by atomic mass is 10.0. The highest BCUT2D eigenvalue weighted by Gasteiger charge is 2.06. The highest BCUT2D eigenvalue weighted by molar-refractivity contribution is 5.80. The summed E-state index contributed by atoms with van der Waals surface area (Å²) in [4.78, 5) is 11.8. The van der Waals surface area contributed by atoms with Gasteiger partial charge in [-0.05, 0) is 24.5 Å². The fraction of sp³-hybridized carbons (Fsp3) is 0.333. The Bertz CT molecular complexity index is 543. The summed E-state index contributed by atoms with van der Waals surface area (Å²) in [5.41, 5.74) is 3.47. The van der Waals surface area contributed by atoms with E-state index in [0.29, 0.717) is 12.8 Å². The minimum Gasteiger partial charge on any atom is -0.299 e. The number of carbonyl (C=O) groups excluding carboxylic acids is 1. The van der Waals surface area contributed by atoms with Gasteiger partial charge in [-0.15, -0.1) is 0 Å². The normalized spacial score (nSPS) is 10.6. The van der Waals surface area contributed by atoms with Gasteiger partial charge in [0.25, 0.3) is 0 Å². The molecule has 0 fully saturated rings. The quantitative estimate of drug-likeness (QED) is 0.807. The van der Waals surface area contributed by atoms with Crippen molar-refractivity contribution in [2.75, 3.05) is 0 Å². The molecule has 0 bridgehead atoms. The highest BCUT2D eigenvalue weighted by atomic mass is 16.1. The van der Waals surface area contributed by atoms with Crippen molar-refractivity contribution in [3.8, 4) is 0 Å². The number of Topliss-reactive ketones (excluding diaryl/α,β-unsaturated/α-hetero) is 1. The average Bonchev–Trinajstić information content (AvgIpc) is 2.72. The first kappa shape index (κ1) is 12.6. The Hall–Kier alpha value is -1.90. The zero-order valence-electron chi connectivity index (χ0n) is 10.9. The number of nitrogens with zero attached hydrogens (tertiary/aromatic N) is 2. The van der Waals surface area contributed by atoms with E-state index in [1.54, 1.807) is 10.9 Å². The summed E-state index contributed by atoms with van der Waals surface area (Å²) in [5, 5.41) is 4.06. The molecule has 3 heteroatoms. The summed E-state index contributed by atoms with van der Waals surface area (Å²) in [5.74, 6) is 0.268. The average molecular weight is 242 g/mol. The molecule has 18 heavy (non-hydrogen) atoms. The lowest BCUT2D eigenvalue weighted by molar-refractivity contribution is -0.118. The molecule has 3 nitrogen and oxygen atoms in total. The fourth-order valence-electron chi connectivity index (χ4n) is 2.03. The van der Waals surface area contributed by atoms with Crippen LogP contribution in [0.2, 0.25) is 0 Å². The largest absolute Gasteiger partial charge is 0.299 e. The molecular weight excluding hydrogens is 224 g/mol. The monoisotopic (exact) mass is 242 g/mol. The van der Waals surface area contributed by atoms with Crippen LogP contribution in [0.4, 0.5) is 0 Å². The SMILES string of the molecule is Cc1cccc(CCC(=O)Cc2cnn(C)c2)c1. The number of benzene rings is 1. The Morgan fingerprint density at radius 1 is 1.33 bits per heavy atom. The molecule has 0 N–H and O–H groups in total. The van der Waals surface area contributed by atoms with Crippen molar-refractivity contribution in [1.82, 2.24) is 9.78 Å². The molecule has 2 aromatic rings. The Morgan fingerprint density at radius 2 is 2.17 bits per heavy atom. The van der Waals surface area contributed by atoms with Crippen LogP contribution in [0.25, 0.3) is 0 Å². The Balaban J connectivity index is 1.85. The molecule has 0 unspecified atom stereocenters. The minimum atomic E-state index is 0.268. The first-order valence-corrected chi connectivity index (χ1v) is 6.18. The maximum Gasteiger partial charge on any atom is 0.137 e. The van der Waals surface area contributed by atoms with Gasteiger partial charge in [0.1, 0.15) is 5.78 Å². The van der Waals surface area contributed by atoms with Gasteiger partial charge in [-0.25, -0.2) is 0 Å². The van der Waals surface area contributed by atoms with Gasteiger partial charge >= 0.3 is 0 Å². The van der Waals surface area contributed by atoms with Gasteiger partial charge in [0, 0.05) is 26.1 Å². The van der Waals surface area contributed by atoms with E-state index in [1.807, 2.05) is 19.3 Å². The van der Waals surface area contributed by atoms with Crippen LogP contribution in [-0.2, 0) is 24.7 Å². The third-order valence-corrected chi connectivity index (χ3v) is 2.93. The van der Waals surface area contributed by atoms with Gasteiger partial charge in [0.05, 0.1) is 6.20 Å². The third kappa shape index (κ3) is 3.55. The molecular formula is C15H18N2O. The van der Waals surface area contributed by atoms with E-state index in [4.69, 9.17) is 0 Å². The number of aryl methyl sites for hydroxylation is 3. The Kier molecular flexibility index (Phi) is 3.92. The van der Waals surface area contributed by atoms with E-state index in [9.17, 15) is 4.79 Å². The molecule has 0 aliphatic heterocycles. The lowest BCUT2D eigenvalue weighted by Crippen LogP contribution is -2.03. The van der Waals surface area contributed by atoms with Crippen molar-refractivity contribution in [1.29, 1.82) is 0 Å². The summed E-state index contributed by atoms with van der Waals surface area (Å²) in [6.07, 6.45) is 5.55. The van der Waals surface area contributed by atoms with Gasteiger partial charge in [-0.1, -0.05) is 29.8 Å². The topological polar surface area (TPSA) is 34.9 Å². The molecule has 1 aromatic carbocycles. The molecule has 0 saturated carbocycles. The van der Waals surface area contributed by atoms with Crippen molar-refractivity contribution in [2.45, 2.75) is 26.2 Å². The summed E-state index contributed by atoms with van der Waals surface area (Å²) in [6.45, 7) is 2.07. The van der Waals surface area contributed by atoms with E-state index in [2.05, 4.69) is 30.2 Å². The van der Waals surface area contributed by atoms with Gasteiger partial charge in [0.15, 0.2) is 0 Å². The molecule has 0 aliphatic rings. The van der Waals surface area contributed by atoms with Crippen LogP contribution >= 0.6 is 0 Å². The fourth-order valence-corrected chi connectivity index (χ4v) is 2.03. The van der Waals surface area contributed by atoms with Crippen molar-refractivity contribution >= 4 is 5.78 Å². The van der Waals surface area contributed by atoms with E-state index < -0.39 is 0 Å². The van der Waals surface area contributed by atoms with Crippen LogP contribution in [0.1, 0.15) is 23.1 Å². The second-order valence-corrected chi connectivity index (χ2v) is 4.73. The van der Waals surface area contributed by atoms with Crippen LogP contribution in [0.3, 0.4) is 0 Å². The Labute approximate surface area is 107 Å². The molecule has 0 amide bonds. The maximum absolute atomic E-state index is 11.8. The molecule has 94 valence electrons. The number of hydrogen-bond donors (Lipinski definition) is 0. The molecule has 0 atom stereocenters. The summed E-state index contributed by atoms with van der Waals surface area (Å²) in [7, 11) is 1.86. The highest BCUT2D eigenvalue weighted by Crippen LogP contribution is 2.08. The lowest BCUT2D eigenvalue weighted by Gasteiger charge is -2.02. The Morgan fingerprint density at radius 3 is 2.83 bits per heavy atom. The first-order valence-electron chi connectivity index (χ1n) is 6.18. The van der Waals surface area contributed by atoms with E-state index in [0.717, 1.165) is 12.0 Å². The summed E-state index contributed by atoms with van der Waals surface area (Å²) < 4.78 is 1.73. The number of ketones is 1. The first-order chi connectivity index (χ1) is 8.63. The predicted octanol–water partition coefficient (Wildman–Crippen LogP) is 2.47. The van der Waals surface area contributed by atoms with Gasteiger partial charge < -0.3 is 0 Å². The van der Waals surface area contributed by atoms with Crippen LogP contribution < -0.4 is 0 Å². The number of carbonyl (C=O) groups is 1. The van der Waals surface area contributed by atoms with Gasteiger partial charge in [-0.2, -0.15) is 5.10 Å². The summed E-state index contributed by atoms with van der Waals surface area (Å²) >= 11 is 0. The van der Waals surface area contributed by atoms with Crippen LogP contribution in [0.15, 0.2) is 36.7 Å². The van der Waals surface area contributed by atoms with E-state index in [-0.39, 0.29) is 5.78 Å². The molecule has 0 saturated heterocycles. The minimum absolute atomic E-state index is 0.268. The third-order valence-electron chi connectivity index (χ3n) is 2.93. The van der Waals surface area contributed by atoms with Crippen molar-refractivity contribution in [3.05, 3.63) is 53.3 Å². The second-order valence-electron chi connectivity index (χ2n) is 4.73. The van der Waals surface area contributed by atoms with Crippen LogP contribution in [0, 0.1) is 6.92 Å². The van der Waals surface area contributed by atoms with Crippen molar-refractivity contribution < 1.29 is 4.79 Å². The maximum atomic E-state index is 11.8. The molecule has 0 spiro atoms. The van der Waals surface area contributed by atoms with Gasteiger partial charge in [0.2, 0.25) is 0 Å². The van der Waals surface area contributed by atoms with Crippen molar-refractivity contribution in [3.63, 3.8) is 0 Å². The predicted molar refractivity (Wildman–Crippen MR) is 71.4 cm³/mol. The van der Waals surface area contributed by atoms with Crippen molar-refractivity contribution in [2.24, 2.45) is 7.05 Å². The summed E-state index contributed by atoms with van der Waals surface area (Å²) in [6, 6.07) is 8.32.